The number of benzene rings is 2. The number of aliphatic imine (C=N–C) groups is 1. The van der Waals surface area contributed by atoms with Crippen LogP contribution in [0.5, 0.6) is 0 Å². The highest BCUT2D eigenvalue weighted by atomic mass is 19.1. The topological polar surface area (TPSA) is 63.2 Å². The van der Waals surface area contributed by atoms with Crippen LogP contribution in [0.15, 0.2) is 53.5 Å². The maximum atomic E-state index is 14.5. The standard InChI is InChI=1S/C24H28FN3O3.H2/c1-3-30-31-15-14-28-22(19-10-6-7-11-20(19)25)26-16-24(2,23(28)29)27-21-13-12-17-8-4-5-9-18(17)21;/h4-11,21,27H,3,12-16H2,1-2H3;1H/t21-,24?;/m0./s1. The van der Waals surface area contributed by atoms with Gasteiger partial charge < -0.3 is 0 Å². The molecule has 7 heteroatoms. The molecule has 31 heavy (non-hydrogen) atoms. The largest absolute Gasteiger partial charge is 0.295 e. The lowest BCUT2D eigenvalue weighted by Gasteiger charge is -2.40. The van der Waals surface area contributed by atoms with Crippen LogP contribution in [0.25, 0.3) is 0 Å². The summed E-state index contributed by atoms with van der Waals surface area (Å²) in [5.41, 5.74) is 1.94. The van der Waals surface area contributed by atoms with Gasteiger partial charge in [0.2, 0.25) is 5.91 Å². The zero-order chi connectivity index (χ0) is 21.8. The molecule has 2 aromatic rings. The van der Waals surface area contributed by atoms with Crippen molar-refractivity contribution in [3.05, 3.63) is 71.0 Å². The van der Waals surface area contributed by atoms with E-state index in [0.29, 0.717) is 18.0 Å². The smallest absolute Gasteiger partial charge is 0.250 e. The third-order valence-corrected chi connectivity index (χ3v) is 5.86. The van der Waals surface area contributed by atoms with E-state index in [1.807, 2.05) is 26.0 Å². The minimum absolute atomic E-state index is 0. The number of amidine groups is 1. The van der Waals surface area contributed by atoms with Gasteiger partial charge in [0.25, 0.3) is 0 Å². The lowest BCUT2D eigenvalue weighted by Crippen LogP contribution is -2.63. The molecule has 1 unspecified atom stereocenters. The summed E-state index contributed by atoms with van der Waals surface area (Å²) in [6.07, 6.45) is 1.91. The van der Waals surface area contributed by atoms with Gasteiger partial charge in [0.05, 0.1) is 25.3 Å². The van der Waals surface area contributed by atoms with E-state index in [1.54, 1.807) is 18.2 Å². The van der Waals surface area contributed by atoms with E-state index in [4.69, 9.17) is 9.78 Å². The van der Waals surface area contributed by atoms with E-state index in [0.717, 1.165) is 12.8 Å². The molecule has 1 heterocycles. The summed E-state index contributed by atoms with van der Waals surface area (Å²) in [5.74, 6) is -0.231. The monoisotopic (exact) mass is 427 g/mol. The third-order valence-electron chi connectivity index (χ3n) is 5.86. The number of fused-ring (bicyclic) bond motifs is 1. The van der Waals surface area contributed by atoms with Gasteiger partial charge in [-0.25, -0.2) is 14.2 Å². The SMILES string of the molecule is CCOOCCN1C(=O)C(C)(N[C@H]2CCc3ccccc32)CN=C1c1ccccc1F.[HH]. The number of carbonyl (C=O) groups excluding carboxylic acids is 1. The summed E-state index contributed by atoms with van der Waals surface area (Å²) in [5, 5.41) is 3.55. The molecule has 0 fully saturated rings. The van der Waals surface area contributed by atoms with Gasteiger partial charge in [-0.1, -0.05) is 36.4 Å². The van der Waals surface area contributed by atoms with Crippen molar-refractivity contribution in [2.45, 2.75) is 38.3 Å². The quantitative estimate of drug-likeness (QED) is 0.397. The molecule has 6 nitrogen and oxygen atoms in total. The molecule has 2 aromatic carbocycles. The first-order valence-corrected chi connectivity index (χ1v) is 10.7. The van der Waals surface area contributed by atoms with E-state index < -0.39 is 11.4 Å². The predicted octanol–water partition coefficient (Wildman–Crippen LogP) is 3.66. The number of rotatable bonds is 8. The van der Waals surface area contributed by atoms with Gasteiger partial charge in [-0.2, -0.15) is 0 Å². The number of aryl methyl sites for hydroxylation is 1. The molecule has 166 valence electrons. The first kappa shape index (κ1) is 21.6. The molecule has 1 N–H and O–H groups in total. The van der Waals surface area contributed by atoms with E-state index in [2.05, 4.69) is 22.4 Å². The van der Waals surface area contributed by atoms with Crippen LogP contribution >= 0.6 is 0 Å². The van der Waals surface area contributed by atoms with Crippen LogP contribution in [0.3, 0.4) is 0 Å². The van der Waals surface area contributed by atoms with Crippen LogP contribution in [0.2, 0.25) is 0 Å². The van der Waals surface area contributed by atoms with Crippen LogP contribution in [0.4, 0.5) is 4.39 Å². The number of hydrogen-bond acceptors (Lipinski definition) is 5. The van der Waals surface area contributed by atoms with E-state index in [1.165, 1.54) is 22.1 Å². The Bertz CT molecular complexity index is 986. The third kappa shape index (κ3) is 4.39. The van der Waals surface area contributed by atoms with Gasteiger partial charge in [0, 0.05) is 7.47 Å². The number of halogens is 1. The fraction of sp³-hybridized carbons (Fsp3) is 0.417. The minimum Gasteiger partial charge on any atom is -0.295 e. The Morgan fingerprint density at radius 3 is 2.81 bits per heavy atom. The highest BCUT2D eigenvalue weighted by Crippen LogP contribution is 2.33. The highest BCUT2D eigenvalue weighted by Gasteiger charge is 2.44. The van der Waals surface area contributed by atoms with E-state index >= 15 is 0 Å². The van der Waals surface area contributed by atoms with Crippen LogP contribution in [-0.2, 0) is 21.0 Å². The zero-order valence-electron chi connectivity index (χ0n) is 17.9. The van der Waals surface area contributed by atoms with Gasteiger partial charge in [-0.05, 0) is 49.9 Å². The summed E-state index contributed by atoms with van der Waals surface area (Å²) >= 11 is 0. The number of nitrogens with zero attached hydrogens (tertiary/aromatic N) is 2. The molecule has 2 aliphatic rings. The van der Waals surface area contributed by atoms with Crippen LogP contribution in [0, 0.1) is 5.82 Å². The van der Waals surface area contributed by atoms with E-state index in [9.17, 15) is 9.18 Å². The Morgan fingerprint density at radius 1 is 1.23 bits per heavy atom. The molecule has 1 aliphatic heterocycles. The van der Waals surface area contributed by atoms with Crippen LogP contribution in [-0.4, -0.2) is 48.5 Å². The molecule has 0 saturated carbocycles. The second-order valence-electron chi connectivity index (χ2n) is 8.07. The Morgan fingerprint density at radius 2 is 2.00 bits per heavy atom. The fourth-order valence-corrected chi connectivity index (χ4v) is 4.33. The van der Waals surface area contributed by atoms with Crippen LogP contribution in [0.1, 0.15) is 44.4 Å². The Kier molecular flexibility index (Phi) is 6.46. The molecule has 0 spiro atoms. The molecule has 0 radical (unpaired) electrons. The van der Waals surface area contributed by atoms with Crippen molar-refractivity contribution in [3.8, 4) is 0 Å². The lowest BCUT2D eigenvalue weighted by molar-refractivity contribution is -0.291. The molecule has 4 rings (SSSR count). The van der Waals surface area contributed by atoms with Gasteiger partial charge in [0.15, 0.2) is 0 Å². The van der Waals surface area contributed by atoms with E-state index in [-0.39, 0.29) is 33.1 Å². The second-order valence-corrected chi connectivity index (χ2v) is 8.07. The zero-order valence-corrected chi connectivity index (χ0v) is 17.9. The molecule has 0 saturated heterocycles. The average molecular weight is 428 g/mol. The maximum absolute atomic E-state index is 14.5. The second kappa shape index (κ2) is 9.26. The summed E-state index contributed by atoms with van der Waals surface area (Å²) in [6.45, 7) is 4.70. The molecule has 0 aromatic heterocycles. The molecule has 0 bridgehead atoms. The Labute approximate surface area is 183 Å². The van der Waals surface area contributed by atoms with Gasteiger partial charge in [-0.3, -0.25) is 20.0 Å². The Balaban J connectivity index is 0.00000289. The lowest BCUT2D eigenvalue weighted by atomic mass is 9.94. The first-order chi connectivity index (χ1) is 15.0. The predicted molar refractivity (Wildman–Crippen MR) is 118 cm³/mol. The molecular weight excluding hydrogens is 397 g/mol. The van der Waals surface area contributed by atoms with Crippen LogP contribution < -0.4 is 5.32 Å². The van der Waals surface area contributed by atoms with Gasteiger partial charge >= 0.3 is 0 Å². The van der Waals surface area contributed by atoms with Crippen molar-refractivity contribution in [1.82, 2.24) is 10.2 Å². The summed E-state index contributed by atoms with van der Waals surface area (Å²) in [6, 6.07) is 14.8. The average Bonchev–Trinajstić information content (AvgIpc) is 3.17. The summed E-state index contributed by atoms with van der Waals surface area (Å²) < 4.78 is 14.5. The van der Waals surface area contributed by atoms with Crippen molar-refractivity contribution < 1.29 is 20.4 Å². The Hall–Kier alpha value is -2.61. The fourth-order valence-electron chi connectivity index (χ4n) is 4.33. The van der Waals surface area contributed by atoms with Crippen molar-refractivity contribution in [2.75, 3.05) is 26.3 Å². The number of nitrogens with one attached hydrogen (secondary N) is 1. The van der Waals surface area contributed by atoms with Crippen molar-refractivity contribution in [3.63, 3.8) is 0 Å². The maximum Gasteiger partial charge on any atom is 0.250 e. The number of hydrogen-bond donors (Lipinski definition) is 1. The van der Waals surface area contributed by atoms with Crippen molar-refractivity contribution in [2.24, 2.45) is 4.99 Å². The normalized spacial score (nSPS) is 23.1. The summed E-state index contributed by atoms with van der Waals surface area (Å²) in [7, 11) is 0. The van der Waals surface area contributed by atoms with Gasteiger partial charge in [-0.15, -0.1) is 0 Å². The number of carbonyl (C=O) groups is 1. The van der Waals surface area contributed by atoms with Crippen molar-refractivity contribution in [1.29, 1.82) is 0 Å². The number of amides is 1. The first-order valence-electron chi connectivity index (χ1n) is 10.7. The summed E-state index contributed by atoms with van der Waals surface area (Å²) in [4.78, 5) is 29.9. The molecule has 1 aliphatic carbocycles. The molecular formula is C24H30FN3O3. The van der Waals surface area contributed by atoms with Crippen molar-refractivity contribution >= 4 is 11.7 Å². The molecule has 2 atom stereocenters. The minimum atomic E-state index is -0.900. The van der Waals surface area contributed by atoms with Gasteiger partial charge in [0.1, 0.15) is 23.8 Å². The molecule has 1 amide bonds. The highest BCUT2D eigenvalue weighted by molar-refractivity contribution is 6.12.